The second kappa shape index (κ2) is 5.46. The standard InChI is InChI=1S/C15H14O4S/c1-11-3-7-13(8-4-11)15(16)19-20(17,18)14-9-5-12(2)6-10-14/h3-10H,1-2H3. The fraction of sp³-hybridized carbons (Fsp3) is 0.133. The molecule has 0 aromatic heterocycles. The summed E-state index contributed by atoms with van der Waals surface area (Å²) in [7, 11) is -4.08. The molecule has 0 saturated carbocycles. The summed E-state index contributed by atoms with van der Waals surface area (Å²) >= 11 is 0. The summed E-state index contributed by atoms with van der Waals surface area (Å²) < 4.78 is 28.5. The van der Waals surface area contributed by atoms with Crippen molar-refractivity contribution in [1.82, 2.24) is 0 Å². The highest BCUT2D eigenvalue weighted by atomic mass is 32.2. The van der Waals surface area contributed by atoms with Crippen LogP contribution in [0.4, 0.5) is 0 Å². The Labute approximate surface area is 118 Å². The van der Waals surface area contributed by atoms with Crippen molar-refractivity contribution in [1.29, 1.82) is 0 Å². The first-order valence-electron chi connectivity index (χ1n) is 6.01. The summed E-state index contributed by atoms with van der Waals surface area (Å²) in [5.74, 6) is -0.884. The Morgan fingerprint density at radius 3 is 1.80 bits per heavy atom. The van der Waals surface area contributed by atoms with Crippen molar-refractivity contribution in [3.63, 3.8) is 0 Å². The van der Waals surface area contributed by atoms with E-state index in [0.29, 0.717) is 0 Å². The third-order valence-corrected chi connectivity index (χ3v) is 4.00. The van der Waals surface area contributed by atoms with Crippen LogP contribution in [0.2, 0.25) is 0 Å². The minimum Gasteiger partial charge on any atom is -0.338 e. The van der Waals surface area contributed by atoms with Crippen molar-refractivity contribution in [2.24, 2.45) is 0 Å². The molecule has 2 aromatic carbocycles. The number of rotatable bonds is 3. The van der Waals surface area contributed by atoms with Gasteiger partial charge in [-0.05, 0) is 38.1 Å². The van der Waals surface area contributed by atoms with Crippen molar-refractivity contribution in [2.75, 3.05) is 0 Å². The summed E-state index contributed by atoms with van der Waals surface area (Å²) in [5, 5.41) is 0. The minimum atomic E-state index is -4.08. The van der Waals surface area contributed by atoms with E-state index < -0.39 is 16.1 Å². The van der Waals surface area contributed by atoms with Gasteiger partial charge in [0.15, 0.2) is 0 Å². The van der Waals surface area contributed by atoms with Crippen LogP contribution in [0.3, 0.4) is 0 Å². The Morgan fingerprint density at radius 1 is 0.850 bits per heavy atom. The Kier molecular flexibility index (Phi) is 3.90. The Morgan fingerprint density at radius 2 is 1.30 bits per heavy atom. The van der Waals surface area contributed by atoms with Crippen LogP contribution in [-0.4, -0.2) is 14.4 Å². The Balaban J connectivity index is 2.22. The third-order valence-electron chi connectivity index (χ3n) is 2.78. The number of hydrogen-bond donors (Lipinski definition) is 0. The number of carbonyl (C=O) groups is 1. The van der Waals surface area contributed by atoms with Crippen LogP contribution in [0, 0.1) is 13.8 Å². The second-order valence-electron chi connectivity index (χ2n) is 4.50. The molecule has 0 saturated heterocycles. The normalized spacial score (nSPS) is 11.1. The van der Waals surface area contributed by atoms with Gasteiger partial charge >= 0.3 is 16.1 Å². The van der Waals surface area contributed by atoms with Crippen LogP contribution in [-0.2, 0) is 14.3 Å². The largest absolute Gasteiger partial charge is 0.354 e. The number of carbonyl (C=O) groups excluding carboxylic acids is 1. The first kappa shape index (κ1) is 14.3. The molecule has 0 unspecified atom stereocenters. The zero-order valence-corrected chi connectivity index (χ0v) is 12.0. The van der Waals surface area contributed by atoms with E-state index in [1.165, 1.54) is 24.3 Å². The van der Waals surface area contributed by atoms with Crippen LogP contribution in [0.15, 0.2) is 53.4 Å². The molecule has 2 aromatic rings. The highest BCUT2D eigenvalue weighted by Crippen LogP contribution is 2.15. The molecule has 0 N–H and O–H groups in total. The highest BCUT2D eigenvalue weighted by molar-refractivity contribution is 7.87. The summed E-state index contributed by atoms with van der Waals surface area (Å²) in [5.41, 5.74) is 2.10. The average molecular weight is 290 g/mol. The lowest BCUT2D eigenvalue weighted by molar-refractivity contribution is 0.0746. The van der Waals surface area contributed by atoms with E-state index in [-0.39, 0.29) is 10.5 Å². The molecule has 4 nitrogen and oxygen atoms in total. The molecule has 5 heteroatoms. The highest BCUT2D eigenvalue weighted by Gasteiger charge is 2.21. The van der Waals surface area contributed by atoms with Crippen LogP contribution < -0.4 is 0 Å². The molecule has 0 amide bonds. The van der Waals surface area contributed by atoms with E-state index in [9.17, 15) is 13.2 Å². The molecular formula is C15H14O4S. The van der Waals surface area contributed by atoms with E-state index in [2.05, 4.69) is 4.18 Å². The zero-order valence-electron chi connectivity index (χ0n) is 11.2. The number of hydrogen-bond acceptors (Lipinski definition) is 4. The van der Waals surface area contributed by atoms with Crippen molar-refractivity contribution < 1.29 is 17.4 Å². The molecule has 104 valence electrons. The Hall–Kier alpha value is -2.14. The lowest BCUT2D eigenvalue weighted by atomic mass is 10.2. The monoisotopic (exact) mass is 290 g/mol. The zero-order chi connectivity index (χ0) is 14.8. The fourth-order valence-corrected chi connectivity index (χ4v) is 2.45. The molecule has 0 aliphatic rings. The van der Waals surface area contributed by atoms with Gasteiger partial charge in [0.2, 0.25) is 0 Å². The molecule has 2 rings (SSSR count). The number of aryl methyl sites for hydroxylation is 2. The van der Waals surface area contributed by atoms with Gasteiger partial charge in [0.1, 0.15) is 4.90 Å². The summed E-state index contributed by atoms with van der Waals surface area (Å²) in [6.07, 6.45) is 0. The van der Waals surface area contributed by atoms with Crippen molar-refractivity contribution in [3.05, 3.63) is 65.2 Å². The van der Waals surface area contributed by atoms with Crippen molar-refractivity contribution >= 4 is 16.1 Å². The SMILES string of the molecule is Cc1ccc(C(=O)OS(=O)(=O)c2ccc(C)cc2)cc1. The van der Waals surface area contributed by atoms with Gasteiger partial charge in [-0.2, -0.15) is 8.42 Å². The van der Waals surface area contributed by atoms with Gasteiger partial charge in [-0.3, -0.25) is 0 Å². The summed E-state index contributed by atoms with van der Waals surface area (Å²) in [6, 6.07) is 12.6. The first-order valence-corrected chi connectivity index (χ1v) is 7.41. The molecule has 0 heterocycles. The minimum absolute atomic E-state index is 0.0384. The molecule has 0 fully saturated rings. The lowest BCUT2D eigenvalue weighted by Crippen LogP contribution is -2.13. The first-order chi connectivity index (χ1) is 9.38. The lowest BCUT2D eigenvalue weighted by Gasteiger charge is -2.06. The van der Waals surface area contributed by atoms with Crippen LogP contribution in [0.25, 0.3) is 0 Å². The smallest absolute Gasteiger partial charge is 0.338 e. The van der Waals surface area contributed by atoms with Gasteiger partial charge < -0.3 is 4.18 Å². The molecule has 0 atom stereocenters. The topological polar surface area (TPSA) is 60.4 Å². The van der Waals surface area contributed by atoms with Crippen molar-refractivity contribution in [2.45, 2.75) is 18.7 Å². The van der Waals surface area contributed by atoms with Crippen LogP contribution in [0.1, 0.15) is 21.5 Å². The summed E-state index contributed by atoms with van der Waals surface area (Å²) in [6.45, 7) is 3.72. The molecule has 0 radical (unpaired) electrons. The maximum absolute atomic E-state index is 12.0. The van der Waals surface area contributed by atoms with Gasteiger partial charge in [-0.1, -0.05) is 35.4 Å². The van der Waals surface area contributed by atoms with E-state index in [1.807, 2.05) is 13.8 Å². The van der Waals surface area contributed by atoms with Gasteiger partial charge in [0.25, 0.3) is 0 Å². The van der Waals surface area contributed by atoms with E-state index in [0.717, 1.165) is 11.1 Å². The predicted molar refractivity (Wildman–Crippen MR) is 75.0 cm³/mol. The maximum atomic E-state index is 12.0. The molecule has 0 aliphatic carbocycles. The molecule has 0 aliphatic heterocycles. The number of benzene rings is 2. The Bertz CT molecular complexity index is 713. The van der Waals surface area contributed by atoms with Gasteiger partial charge in [-0.25, -0.2) is 4.79 Å². The van der Waals surface area contributed by atoms with E-state index >= 15 is 0 Å². The average Bonchev–Trinajstić information content (AvgIpc) is 2.39. The van der Waals surface area contributed by atoms with E-state index in [1.54, 1.807) is 24.3 Å². The van der Waals surface area contributed by atoms with E-state index in [4.69, 9.17) is 0 Å². The predicted octanol–water partition coefficient (Wildman–Crippen LogP) is 2.85. The summed E-state index contributed by atoms with van der Waals surface area (Å²) in [4.78, 5) is 11.8. The van der Waals surface area contributed by atoms with Crippen LogP contribution in [0.5, 0.6) is 0 Å². The maximum Gasteiger partial charge on any atom is 0.354 e. The van der Waals surface area contributed by atoms with Gasteiger partial charge in [0.05, 0.1) is 5.56 Å². The fourth-order valence-electron chi connectivity index (χ4n) is 1.59. The van der Waals surface area contributed by atoms with Crippen molar-refractivity contribution in [3.8, 4) is 0 Å². The van der Waals surface area contributed by atoms with Gasteiger partial charge in [-0.15, -0.1) is 0 Å². The second-order valence-corrected chi connectivity index (χ2v) is 6.05. The molecule has 0 spiro atoms. The molecular weight excluding hydrogens is 276 g/mol. The molecule has 20 heavy (non-hydrogen) atoms. The van der Waals surface area contributed by atoms with Crippen LogP contribution >= 0.6 is 0 Å². The third kappa shape index (κ3) is 3.24. The van der Waals surface area contributed by atoms with Gasteiger partial charge in [0, 0.05) is 0 Å². The molecule has 0 bridgehead atoms. The quantitative estimate of drug-likeness (QED) is 0.816.